The van der Waals surface area contributed by atoms with E-state index in [1.165, 1.54) is 31.5 Å². The van der Waals surface area contributed by atoms with Crippen molar-refractivity contribution < 1.29 is 14.0 Å². The molecule has 26 heavy (non-hydrogen) atoms. The summed E-state index contributed by atoms with van der Waals surface area (Å²) in [5.41, 5.74) is 1.76. The number of aromatic nitrogens is 2. The Kier molecular flexibility index (Phi) is 4.98. The molecule has 0 aliphatic carbocycles. The van der Waals surface area contributed by atoms with Gasteiger partial charge in [-0.2, -0.15) is 0 Å². The fourth-order valence-electron chi connectivity index (χ4n) is 2.25. The molecule has 0 saturated heterocycles. The molecule has 1 aromatic heterocycles. The zero-order chi connectivity index (χ0) is 18.5. The van der Waals surface area contributed by atoms with Crippen LogP contribution in [0.2, 0.25) is 0 Å². The summed E-state index contributed by atoms with van der Waals surface area (Å²) in [5, 5.41) is 5.61. The normalized spacial score (nSPS) is 10.2. The van der Waals surface area contributed by atoms with E-state index in [-0.39, 0.29) is 17.3 Å². The second-order valence-corrected chi connectivity index (χ2v) is 5.51. The fourth-order valence-corrected chi connectivity index (χ4v) is 2.25. The van der Waals surface area contributed by atoms with Crippen LogP contribution in [0.5, 0.6) is 0 Å². The van der Waals surface area contributed by atoms with Crippen molar-refractivity contribution in [3.63, 3.8) is 0 Å². The Hall–Kier alpha value is -3.61. The molecule has 2 aromatic carbocycles. The molecule has 6 nitrogen and oxygen atoms in total. The number of rotatable bonds is 5. The summed E-state index contributed by atoms with van der Waals surface area (Å²) >= 11 is 0. The molecule has 3 aromatic rings. The molecular formula is C19H15FN4O2. The van der Waals surface area contributed by atoms with Crippen molar-refractivity contribution in [2.75, 3.05) is 10.6 Å². The predicted octanol–water partition coefficient (Wildman–Crippen LogP) is 3.81. The first-order valence-corrected chi connectivity index (χ1v) is 7.78. The Bertz CT molecular complexity index is 958. The van der Waals surface area contributed by atoms with Crippen LogP contribution in [-0.2, 0) is 0 Å². The van der Waals surface area contributed by atoms with E-state index >= 15 is 0 Å². The smallest absolute Gasteiger partial charge is 0.274 e. The third kappa shape index (κ3) is 4.27. The summed E-state index contributed by atoms with van der Waals surface area (Å²) < 4.78 is 13.2. The minimum absolute atomic E-state index is 0.0493. The van der Waals surface area contributed by atoms with E-state index in [2.05, 4.69) is 20.6 Å². The number of nitrogens with one attached hydrogen (secondary N) is 2. The highest BCUT2D eigenvalue weighted by Gasteiger charge is 2.10. The van der Waals surface area contributed by atoms with E-state index < -0.39 is 5.91 Å². The van der Waals surface area contributed by atoms with E-state index in [0.29, 0.717) is 22.8 Å². The standard InChI is InChI=1S/C19H15FN4O2/c1-12(25)13-5-7-15(8-6-13)24-19(26)17-10-18(22-11-21-17)23-16-4-2-3-14(20)9-16/h2-11H,1H3,(H,24,26)(H,21,22,23). The maximum absolute atomic E-state index is 13.2. The molecule has 0 spiro atoms. The number of halogens is 1. The lowest BCUT2D eigenvalue weighted by Gasteiger charge is -2.08. The second kappa shape index (κ2) is 7.52. The van der Waals surface area contributed by atoms with Gasteiger partial charge in [0.05, 0.1) is 0 Å². The summed E-state index contributed by atoms with van der Waals surface area (Å²) in [6, 6.07) is 13.9. The minimum Gasteiger partial charge on any atom is -0.340 e. The first-order valence-electron chi connectivity index (χ1n) is 7.78. The highest BCUT2D eigenvalue weighted by Crippen LogP contribution is 2.16. The van der Waals surface area contributed by atoms with Gasteiger partial charge in [0.15, 0.2) is 5.78 Å². The number of benzene rings is 2. The molecule has 0 fully saturated rings. The second-order valence-electron chi connectivity index (χ2n) is 5.51. The summed E-state index contributed by atoms with van der Waals surface area (Å²) in [5.74, 6) is -0.490. The van der Waals surface area contributed by atoms with Gasteiger partial charge in [-0.25, -0.2) is 14.4 Å². The third-order valence-electron chi connectivity index (χ3n) is 3.55. The van der Waals surface area contributed by atoms with Gasteiger partial charge in [0, 0.05) is 23.0 Å². The molecule has 0 atom stereocenters. The van der Waals surface area contributed by atoms with Gasteiger partial charge in [0.1, 0.15) is 23.7 Å². The zero-order valence-electron chi connectivity index (χ0n) is 13.9. The summed E-state index contributed by atoms with van der Waals surface area (Å²) in [6.45, 7) is 1.47. The molecular weight excluding hydrogens is 335 g/mol. The average molecular weight is 350 g/mol. The monoisotopic (exact) mass is 350 g/mol. The van der Waals surface area contributed by atoms with Gasteiger partial charge in [-0.15, -0.1) is 0 Å². The van der Waals surface area contributed by atoms with Crippen molar-refractivity contribution >= 4 is 28.9 Å². The van der Waals surface area contributed by atoms with E-state index in [0.717, 1.165) is 0 Å². The van der Waals surface area contributed by atoms with Gasteiger partial charge >= 0.3 is 0 Å². The van der Waals surface area contributed by atoms with Crippen LogP contribution in [0.1, 0.15) is 27.8 Å². The zero-order valence-corrected chi connectivity index (χ0v) is 13.9. The summed E-state index contributed by atoms with van der Waals surface area (Å²) in [4.78, 5) is 31.6. The maximum atomic E-state index is 13.2. The van der Waals surface area contributed by atoms with E-state index in [4.69, 9.17) is 0 Å². The van der Waals surface area contributed by atoms with Crippen LogP contribution in [0.3, 0.4) is 0 Å². The molecule has 0 radical (unpaired) electrons. The van der Waals surface area contributed by atoms with Crippen LogP contribution in [0, 0.1) is 5.82 Å². The molecule has 0 aliphatic heterocycles. The molecule has 0 aliphatic rings. The van der Waals surface area contributed by atoms with Crippen molar-refractivity contribution in [1.29, 1.82) is 0 Å². The van der Waals surface area contributed by atoms with E-state index in [9.17, 15) is 14.0 Å². The number of Topliss-reactive ketones (excluding diaryl/α,β-unsaturated/α-hetero) is 1. The van der Waals surface area contributed by atoms with Crippen LogP contribution < -0.4 is 10.6 Å². The summed E-state index contributed by atoms with van der Waals surface area (Å²) in [7, 11) is 0. The summed E-state index contributed by atoms with van der Waals surface area (Å²) in [6.07, 6.45) is 1.25. The Morgan fingerprint density at radius 2 is 1.73 bits per heavy atom. The first kappa shape index (κ1) is 17.2. The van der Waals surface area contributed by atoms with E-state index in [1.807, 2.05) is 0 Å². The number of hydrogen-bond acceptors (Lipinski definition) is 5. The number of ketones is 1. The molecule has 0 bridgehead atoms. The predicted molar refractivity (Wildman–Crippen MR) is 96.1 cm³/mol. The van der Waals surface area contributed by atoms with Gasteiger partial charge in [-0.3, -0.25) is 9.59 Å². The maximum Gasteiger partial charge on any atom is 0.274 e. The number of hydrogen-bond donors (Lipinski definition) is 2. The van der Waals surface area contributed by atoms with Crippen molar-refractivity contribution in [1.82, 2.24) is 9.97 Å². The number of nitrogens with zero attached hydrogens (tertiary/aromatic N) is 2. The molecule has 2 N–H and O–H groups in total. The number of amides is 1. The SMILES string of the molecule is CC(=O)c1ccc(NC(=O)c2cc(Nc3cccc(F)c3)ncn2)cc1. The van der Waals surface area contributed by atoms with Crippen LogP contribution in [0.15, 0.2) is 60.9 Å². The number of carbonyl (C=O) groups is 2. The Morgan fingerprint density at radius 3 is 2.42 bits per heavy atom. The van der Waals surface area contributed by atoms with Gasteiger partial charge < -0.3 is 10.6 Å². The van der Waals surface area contributed by atoms with Crippen LogP contribution in [0.25, 0.3) is 0 Å². The lowest BCUT2D eigenvalue weighted by Crippen LogP contribution is -2.14. The Balaban J connectivity index is 1.72. The fraction of sp³-hybridized carbons (Fsp3) is 0.0526. The third-order valence-corrected chi connectivity index (χ3v) is 3.55. The largest absolute Gasteiger partial charge is 0.340 e. The van der Waals surface area contributed by atoms with Gasteiger partial charge in [0.2, 0.25) is 0 Å². The quantitative estimate of drug-likeness (QED) is 0.684. The van der Waals surface area contributed by atoms with Gasteiger partial charge in [0.25, 0.3) is 5.91 Å². The molecule has 3 rings (SSSR count). The average Bonchev–Trinajstić information content (AvgIpc) is 2.62. The van der Waals surface area contributed by atoms with Crippen molar-refractivity contribution in [2.45, 2.75) is 6.92 Å². The topological polar surface area (TPSA) is 84.0 Å². The number of carbonyl (C=O) groups excluding carboxylic acids is 2. The lowest BCUT2D eigenvalue weighted by molar-refractivity contribution is 0.101. The number of anilines is 3. The van der Waals surface area contributed by atoms with Gasteiger partial charge in [-0.1, -0.05) is 6.07 Å². The van der Waals surface area contributed by atoms with Crippen molar-refractivity contribution in [2.24, 2.45) is 0 Å². The van der Waals surface area contributed by atoms with Crippen LogP contribution >= 0.6 is 0 Å². The molecule has 0 unspecified atom stereocenters. The highest BCUT2D eigenvalue weighted by atomic mass is 19.1. The van der Waals surface area contributed by atoms with Crippen LogP contribution in [0.4, 0.5) is 21.6 Å². The first-order chi connectivity index (χ1) is 12.5. The lowest BCUT2D eigenvalue weighted by atomic mass is 10.1. The minimum atomic E-state index is -0.426. The van der Waals surface area contributed by atoms with Gasteiger partial charge in [-0.05, 0) is 49.4 Å². The molecule has 1 amide bonds. The van der Waals surface area contributed by atoms with E-state index in [1.54, 1.807) is 36.4 Å². The molecule has 0 saturated carbocycles. The highest BCUT2D eigenvalue weighted by molar-refractivity contribution is 6.03. The van der Waals surface area contributed by atoms with Crippen molar-refractivity contribution in [3.8, 4) is 0 Å². The molecule has 7 heteroatoms. The Labute approximate surface area is 149 Å². The molecule has 130 valence electrons. The Morgan fingerprint density at radius 1 is 0.962 bits per heavy atom. The van der Waals surface area contributed by atoms with Crippen LogP contribution in [-0.4, -0.2) is 21.7 Å². The van der Waals surface area contributed by atoms with Crippen molar-refractivity contribution in [3.05, 3.63) is 78.0 Å². The molecule has 1 heterocycles.